The van der Waals surface area contributed by atoms with Crippen molar-refractivity contribution in [3.05, 3.63) is 45.4 Å². The zero-order chi connectivity index (χ0) is 15.0. The molecule has 0 atom stereocenters. The van der Waals surface area contributed by atoms with E-state index in [9.17, 15) is 18.7 Å². The van der Waals surface area contributed by atoms with Crippen LogP contribution in [0.3, 0.4) is 0 Å². The number of nitrogens with zero attached hydrogens (tertiary/aromatic N) is 1. The minimum absolute atomic E-state index is 0.121. The summed E-state index contributed by atoms with van der Waals surface area (Å²) in [6, 6.07) is 3.56. The summed E-state index contributed by atoms with van der Waals surface area (Å²) in [6.07, 6.45) is 0. The molecule has 0 saturated heterocycles. The average Bonchev–Trinajstić information content (AvgIpc) is 2.39. The summed E-state index contributed by atoms with van der Waals surface area (Å²) in [5, 5.41) is 27.6. The number of benzene rings is 1. The summed E-state index contributed by atoms with van der Waals surface area (Å²) in [7, 11) is 0. The highest BCUT2D eigenvalue weighted by Gasteiger charge is 2.21. The zero-order valence-corrected chi connectivity index (χ0v) is 10.2. The predicted molar refractivity (Wildman–Crippen MR) is 65.2 cm³/mol. The molecule has 2 aromatic rings. The standard InChI is InChI=1S/C13H8F2N2O3/c1-5-2-6(8(4-16)13(20)17-5)7-3-9(14)12(19)10(15)11(7)18/h2-3,18-19H,1H3,(H,17,20). The minimum Gasteiger partial charge on any atom is -0.504 e. The van der Waals surface area contributed by atoms with Crippen LogP contribution in [0.5, 0.6) is 11.5 Å². The van der Waals surface area contributed by atoms with Gasteiger partial charge in [0.1, 0.15) is 11.6 Å². The van der Waals surface area contributed by atoms with Gasteiger partial charge in [-0.25, -0.2) is 4.39 Å². The molecule has 3 N–H and O–H groups in total. The van der Waals surface area contributed by atoms with Crippen LogP contribution in [0, 0.1) is 29.9 Å². The fourth-order valence-corrected chi connectivity index (χ4v) is 1.82. The molecule has 7 heteroatoms. The summed E-state index contributed by atoms with van der Waals surface area (Å²) in [5.74, 6) is -5.23. The first-order valence-corrected chi connectivity index (χ1v) is 5.41. The highest BCUT2D eigenvalue weighted by molar-refractivity contribution is 5.76. The highest BCUT2D eigenvalue weighted by Crippen LogP contribution is 2.38. The number of nitriles is 1. The smallest absolute Gasteiger partial charge is 0.266 e. The molecule has 102 valence electrons. The number of phenolic OH excluding ortho intramolecular Hbond substituents is 2. The summed E-state index contributed by atoms with van der Waals surface area (Å²) in [4.78, 5) is 14.0. The second kappa shape index (κ2) is 4.66. The molecule has 0 aliphatic heterocycles. The third-order valence-corrected chi connectivity index (χ3v) is 2.74. The molecule has 0 saturated carbocycles. The van der Waals surface area contributed by atoms with Gasteiger partial charge in [-0.15, -0.1) is 0 Å². The Morgan fingerprint density at radius 1 is 1.20 bits per heavy atom. The molecule has 0 aliphatic carbocycles. The number of hydrogen-bond acceptors (Lipinski definition) is 4. The molecule has 1 aromatic carbocycles. The lowest BCUT2D eigenvalue weighted by molar-refractivity contribution is 0.368. The van der Waals surface area contributed by atoms with E-state index in [2.05, 4.69) is 4.98 Å². The maximum atomic E-state index is 13.5. The molecule has 1 aromatic heterocycles. The van der Waals surface area contributed by atoms with Crippen molar-refractivity contribution in [3.63, 3.8) is 0 Å². The van der Waals surface area contributed by atoms with Crippen LogP contribution in [0.25, 0.3) is 11.1 Å². The topological polar surface area (TPSA) is 97.1 Å². The average molecular weight is 278 g/mol. The number of hydrogen-bond donors (Lipinski definition) is 3. The van der Waals surface area contributed by atoms with E-state index in [4.69, 9.17) is 10.4 Å². The number of aromatic amines is 1. The van der Waals surface area contributed by atoms with E-state index in [-0.39, 0.29) is 11.1 Å². The van der Waals surface area contributed by atoms with Gasteiger partial charge in [0.25, 0.3) is 5.56 Å². The second-order valence-corrected chi connectivity index (χ2v) is 4.10. The van der Waals surface area contributed by atoms with E-state index < -0.39 is 34.3 Å². The number of rotatable bonds is 1. The van der Waals surface area contributed by atoms with Crippen molar-refractivity contribution in [1.82, 2.24) is 4.98 Å². The van der Waals surface area contributed by atoms with Gasteiger partial charge in [0.2, 0.25) is 5.82 Å². The van der Waals surface area contributed by atoms with Crippen LogP contribution in [0.1, 0.15) is 11.3 Å². The van der Waals surface area contributed by atoms with Gasteiger partial charge in [0.05, 0.1) is 0 Å². The Labute approximate surface area is 111 Å². The molecule has 1 heterocycles. The van der Waals surface area contributed by atoms with Crippen LogP contribution in [0.4, 0.5) is 8.78 Å². The molecule has 0 aliphatic rings. The van der Waals surface area contributed by atoms with Crippen LogP contribution >= 0.6 is 0 Å². The first-order valence-electron chi connectivity index (χ1n) is 5.41. The monoisotopic (exact) mass is 278 g/mol. The van der Waals surface area contributed by atoms with Gasteiger partial charge >= 0.3 is 0 Å². The quantitative estimate of drug-likeness (QED) is 0.742. The van der Waals surface area contributed by atoms with Gasteiger partial charge in [-0.05, 0) is 19.1 Å². The summed E-state index contributed by atoms with van der Waals surface area (Å²) in [6.45, 7) is 1.51. The lowest BCUT2D eigenvalue weighted by atomic mass is 9.99. The van der Waals surface area contributed by atoms with E-state index >= 15 is 0 Å². The number of pyridine rings is 1. The van der Waals surface area contributed by atoms with Crippen LogP contribution in [-0.2, 0) is 0 Å². The van der Waals surface area contributed by atoms with Crippen LogP contribution < -0.4 is 5.56 Å². The molecule has 20 heavy (non-hydrogen) atoms. The van der Waals surface area contributed by atoms with E-state index in [0.717, 1.165) is 0 Å². The Hall–Kier alpha value is -2.88. The van der Waals surface area contributed by atoms with Crippen molar-refractivity contribution in [2.45, 2.75) is 6.92 Å². The summed E-state index contributed by atoms with van der Waals surface area (Å²) >= 11 is 0. The van der Waals surface area contributed by atoms with Gasteiger partial charge in [-0.3, -0.25) is 4.79 Å². The molecular weight excluding hydrogens is 270 g/mol. The largest absolute Gasteiger partial charge is 0.504 e. The first kappa shape index (κ1) is 13.5. The molecule has 0 amide bonds. The molecule has 0 bridgehead atoms. The molecule has 0 fully saturated rings. The summed E-state index contributed by atoms with van der Waals surface area (Å²) in [5.41, 5.74) is -1.30. The zero-order valence-electron chi connectivity index (χ0n) is 10.2. The minimum atomic E-state index is -1.55. The first-order chi connectivity index (χ1) is 9.36. The van der Waals surface area contributed by atoms with Gasteiger partial charge in [0, 0.05) is 16.8 Å². The van der Waals surface area contributed by atoms with Gasteiger partial charge in [0.15, 0.2) is 17.3 Å². The summed E-state index contributed by atoms with van der Waals surface area (Å²) < 4.78 is 26.8. The van der Waals surface area contributed by atoms with Crippen LogP contribution in [0.15, 0.2) is 16.9 Å². The van der Waals surface area contributed by atoms with Crippen molar-refractivity contribution in [1.29, 1.82) is 5.26 Å². The lowest BCUT2D eigenvalue weighted by Crippen LogP contribution is -2.12. The number of H-pyrrole nitrogens is 1. The van der Waals surface area contributed by atoms with E-state index in [1.54, 1.807) is 6.07 Å². The van der Waals surface area contributed by atoms with Gasteiger partial charge in [-0.2, -0.15) is 9.65 Å². The number of phenols is 2. The third kappa shape index (κ3) is 1.97. The number of aromatic hydroxyl groups is 2. The van der Waals surface area contributed by atoms with Crippen molar-refractivity contribution in [2.24, 2.45) is 0 Å². The molecule has 5 nitrogen and oxygen atoms in total. The van der Waals surface area contributed by atoms with Crippen molar-refractivity contribution in [2.75, 3.05) is 0 Å². The number of halogens is 2. The maximum Gasteiger partial charge on any atom is 0.266 e. The van der Waals surface area contributed by atoms with Crippen molar-refractivity contribution < 1.29 is 19.0 Å². The molecule has 0 spiro atoms. The van der Waals surface area contributed by atoms with E-state index in [1.807, 2.05) is 0 Å². The van der Waals surface area contributed by atoms with E-state index in [0.29, 0.717) is 11.8 Å². The lowest BCUT2D eigenvalue weighted by Gasteiger charge is -2.09. The second-order valence-electron chi connectivity index (χ2n) is 4.10. The fourth-order valence-electron chi connectivity index (χ4n) is 1.82. The van der Waals surface area contributed by atoms with Gasteiger partial charge in [-0.1, -0.05) is 0 Å². The predicted octanol–water partition coefficient (Wildman–Crippen LogP) is 1.91. The number of nitrogens with one attached hydrogen (secondary N) is 1. The Morgan fingerprint density at radius 3 is 2.45 bits per heavy atom. The Balaban J connectivity index is 2.90. The molecule has 0 radical (unpaired) electrons. The van der Waals surface area contributed by atoms with Crippen molar-refractivity contribution in [3.8, 4) is 28.7 Å². The fraction of sp³-hybridized carbons (Fsp3) is 0.0769. The SMILES string of the molecule is Cc1cc(-c2cc(F)c(O)c(F)c2O)c(C#N)c(=O)[nH]1. The highest BCUT2D eigenvalue weighted by atomic mass is 19.1. The Morgan fingerprint density at radius 2 is 1.85 bits per heavy atom. The van der Waals surface area contributed by atoms with Gasteiger partial charge < -0.3 is 15.2 Å². The van der Waals surface area contributed by atoms with Crippen LogP contribution in [0.2, 0.25) is 0 Å². The Bertz CT molecular complexity index is 807. The van der Waals surface area contributed by atoms with Crippen LogP contribution in [-0.4, -0.2) is 15.2 Å². The Kier molecular flexibility index (Phi) is 3.16. The number of aromatic nitrogens is 1. The molecular formula is C13H8F2N2O3. The maximum absolute atomic E-state index is 13.5. The normalized spacial score (nSPS) is 10.3. The number of aryl methyl sites for hydroxylation is 1. The molecule has 2 rings (SSSR count). The van der Waals surface area contributed by atoms with Crippen molar-refractivity contribution >= 4 is 0 Å². The van der Waals surface area contributed by atoms with E-state index in [1.165, 1.54) is 13.0 Å². The third-order valence-electron chi connectivity index (χ3n) is 2.74. The molecule has 0 unspecified atom stereocenters.